The van der Waals surface area contributed by atoms with Crippen LogP contribution in [0.25, 0.3) is 0 Å². The Kier molecular flexibility index (Phi) is 8.44. The average molecular weight is 460 g/mol. The number of para-hydroxylation sites is 1. The number of hydrogen-bond donors (Lipinski definition) is 2. The summed E-state index contributed by atoms with van der Waals surface area (Å²) in [7, 11) is -3.75. The van der Waals surface area contributed by atoms with Crippen LogP contribution in [0.5, 0.6) is 0 Å². The van der Waals surface area contributed by atoms with E-state index in [1.807, 2.05) is 33.8 Å². The van der Waals surface area contributed by atoms with Crippen LogP contribution in [0.2, 0.25) is 0 Å². The van der Waals surface area contributed by atoms with E-state index < -0.39 is 22.0 Å². The van der Waals surface area contributed by atoms with Gasteiger partial charge < -0.3 is 10.6 Å². The molecular weight excluding hydrogens is 426 g/mol. The molecule has 1 atom stereocenters. The van der Waals surface area contributed by atoms with E-state index in [-0.39, 0.29) is 18.2 Å². The van der Waals surface area contributed by atoms with Crippen molar-refractivity contribution in [3.63, 3.8) is 0 Å². The van der Waals surface area contributed by atoms with E-state index in [9.17, 15) is 18.0 Å². The predicted octanol–water partition coefficient (Wildman–Crippen LogP) is 3.87. The molecule has 2 aromatic rings. The van der Waals surface area contributed by atoms with Gasteiger partial charge in [-0.1, -0.05) is 39.0 Å². The molecule has 0 saturated heterocycles. The van der Waals surface area contributed by atoms with Crippen LogP contribution in [0, 0.1) is 19.8 Å². The molecule has 0 aliphatic carbocycles. The summed E-state index contributed by atoms with van der Waals surface area (Å²) in [6.45, 7) is 10.1. The van der Waals surface area contributed by atoms with Gasteiger partial charge >= 0.3 is 0 Å². The molecule has 2 rings (SSSR count). The van der Waals surface area contributed by atoms with Gasteiger partial charge in [0.1, 0.15) is 6.04 Å². The third kappa shape index (κ3) is 6.32. The highest BCUT2D eigenvalue weighted by molar-refractivity contribution is 7.92. The quantitative estimate of drug-likeness (QED) is 0.595. The largest absolute Gasteiger partial charge is 0.352 e. The van der Waals surface area contributed by atoms with Crippen LogP contribution in [-0.2, 0) is 14.8 Å². The minimum absolute atomic E-state index is 0.257. The molecule has 32 heavy (non-hydrogen) atoms. The topological polar surface area (TPSA) is 95.6 Å². The number of sulfonamides is 1. The first-order valence-corrected chi connectivity index (χ1v) is 12.5. The van der Waals surface area contributed by atoms with E-state index in [0.29, 0.717) is 23.5 Å². The van der Waals surface area contributed by atoms with Gasteiger partial charge in [-0.3, -0.25) is 13.9 Å². The molecule has 0 saturated carbocycles. The molecule has 0 heterocycles. The van der Waals surface area contributed by atoms with Crippen LogP contribution in [0.4, 0.5) is 11.4 Å². The smallest absolute Gasteiger partial charge is 0.253 e. The van der Waals surface area contributed by atoms with Gasteiger partial charge in [-0.25, -0.2) is 8.42 Å². The Morgan fingerprint density at radius 2 is 1.69 bits per heavy atom. The Morgan fingerprint density at radius 3 is 2.25 bits per heavy atom. The highest BCUT2D eigenvalue weighted by Crippen LogP contribution is 2.26. The number of carbonyl (C=O) groups is 2. The molecule has 0 bridgehead atoms. The second-order valence-electron chi connectivity index (χ2n) is 8.39. The number of benzene rings is 2. The number of anilines is 2. The summed E-state index contributed by atoms with van der Waals surface area (Å²) in [4.78, 5) is 25.9. The Hall–Kier alpha value is -2.87. The monoisotopic (exact) mass is 459 g/mol. The highest BCUT2D eigenvalue weighted by Gasteiger charge is 2.32. The molecule has 0 spiro atoms. The Morgan fingerprint density at radius 1 is 1.03 bits per heavy atom. The fraction of sp³-hybridized carbons (Fsp3) is 0.417. The lowest BCUT2D eigenvalue weighted by Gasteiger charge is -2.30. The van der Waals surface area contributed by atoms with Crippen molar-refractivity contribution in [3.05, 3.63) is 59.2 Å². The van der Waals surface area contributed by atoms with E-state index in [0.717, 1.165) is 21.7 Å². The van der Waals surface area contributed by atoms with Crippen LogP contribution in [0.15, 0.2) is 42.5 Å². The molecule has 0 unspecified atom stereocenters. The van der Waals surface area contributed by atoms with Crippen molar-refractivity contribution < 1.29 is 18.0 Å². The van der Waals surface area contributed by atoms with Crippen molar-refractivity contribution in [2.45, 2.75) is 47.1 Å². The summed E-state index contributed by atoms with van der Waals surface area (Å²) >= 11 is 0. The number of nitrogens with one attached hydrogen (secondary N) is 2. The molecule has 0 radical (unpaired) electrons. The number of aryl methyl sites for hydroxylation is 2. The lowest BCUT2D eigenvalue weighted by atomic mass is 10.1. The zero-order chi connectivity index (χ0) is 24.1. The van der Waals surface area contributed by atoms with Gasteiger partial charge in [0.25, 0.3) is 5.91 Å². The molecule has 0 aromatic heterocycles. The van der Waals surface area contributed by atoms with Gasteiger partial charge in [-0.05, 0) is 61.6 Å². The molecule has 0 fully saturated rings. The Balaban J connectivity index is 2.38. The number of carbonyl (C=O) groups excluding carboxylic acids is 2. The summed E-state index contributed by atoms with van der Waals surface area (Å²) in [5.41, 5.74) is 3.05. The van der Waals surface area contributed by atoms with E-state index in [1.54, 1.807) is 43.3 Å². The number of hydrogen-bond acceptors (Lipinski definition) is 4. The van der Waals surface area contributed by atoms with E-state index in [2.05, 4.69) is 10.6 Å². The zero-order valence-corrected chi connectivity index (χ0v) is 20.4. The van der Waals surface area contributed by atoms with Gasteiger partial charge in [-0.2, -0.15) is 0 Å². The maximum Gasteiger partial charge on any atom is 0.253 e. The maximum absolute atomic E-state index is 13.2. The van der Waals surface area contributed by atoms with Crippen molar-refractivity contribution in [1.29, 1.82) is 0 Å². The normalized spacial score (nSPS) is 12.3. The Labute approximate surface area is 191 Å². The van der Waals surface area contributed by atoms with Crippen molar-refractivity contribution in [1.82, 2.24) is 5.32 Å². The Bertz CT molecular complexity index is 1080. The predicted molar refractivity (Wildman–Crippen MR) is 130 cm³/mol. The van der Waals surface area contributed by atoms with E-state index >= 15 is 0 Å². The lowest BCUT2D eigenvalue weighted by molar-refractivity contribution is -0.117. The van der Waals surface area contributed by atoms with Crippen LogP contribution >= 0.6 is 0 Å². The SMILES string of the molecule is CC[C@H](C(=O)Nc1ccccc1C(=O)NCC(C)C)N(c1ccc(C)c(C)c1)S(C)(=O)=O. The summed E-state index contributed by atoms with van der Waals surface area (Å²) in [6.07, 6.45) is 1.35. The summed E-state index contributed by atoms with van der Waals surface area (Å²) in [5, 5.41) is 5.62. The molecule has 174 valence electrons. The summed E-state index contributed by atoms with van der Waals surface area (Å²) < 4.78 is 26.5. The van der Waals surface area contributed by atoms with Gasteiger partial charge in [0.2, 0.25) is 15.9 Å². The van der Waals surface area contributed by atoms with Gasteiger partial charge in [-0.15, -0.1) is 0 Å². The first-order valence-electron chi connectivity index (χ1n) is 10.7. The number of rotatable bonds is 9. The minimum Gasteiger partial charge on any atom is -0.352 e. The maximum atomic E-state index is 13.2. The number of nitrogens with zero attached hydrogens (tertiary/aromatic N) is 1. The van der Waals surface area contributed by atoms with E-state index in [1.165, 1.54) is 0 Å². The fourth-order valence-electron chi connectivity index (χ4n) is 3.32. The van der Waals surface area contributed by atoms with Crippen molar-refractivity contribution >= 4 is 33.2 Å². The van der Waals surface area contributed by atoms with Crippen LogP contribution in [0.1, 0.15) is 48.7 Å². The molecule has 0 aliphatic rings. The minimum atomic E-state index is -3.75. The summed E-state index contributed by atoms with van der Waals surface area (Å²) in [5.74, 6) is -0.511. The first kappa shape index (κ1) is 25.4. The lowest BCUT2D eigenvalue weighted by Crippen LogP contribution is -2.47. The molecule has 8 heteroatoms. The second kappa shape index (κ2) is 10.6. The molecule has 2 N–H and O–H groups in total. The van der Waals surface area contributed by atoms with Crippen LogP contribution in [0.3, 0.4) is 0 Å². The van der Waals surface area contributed by atoms with Gasteiger partial charge in [0.05, 0.1) is 23.2 Å². The van der Waals surface area contributed by atoms with E-state index in [4.69, 9.17) is 0 Å². The zero-order valence-electron chi connectivity index (χ0n) is 19.6. The molecule has 0 aliphatic heterocycles. The standard InChI is InChI=1S/C24H33N3O4S/c1-7-22(27(32(6,30)31)19-13-12-17(4)18(5)14-19)24(29)26-21-11-9-8-10-20(21)23(28)25-15-16(2)3/h8-14,16,22H,7,15H2,1-6H3,(H,25,28)(H,26,29)/t22-/m1/s1. The molecule has 2 aromatic carbocycles. The molecular formula is C24H33N3O4S. The fourth-order valence-corrected chi connectivity index (χ4v) is 4.52. The number of amides is 2. The second-order valence-corrected chi connectivity index (χ2v) is 10.2. The van der Waals surface area contributed by atoms with Gasteiger partial charge in [0.15, 0.2) is 0 Å². The van der Waals surface area contributed by atoms with Crippen LogP contribution < -0.4 is 14.9 Å². The molecule has 7 nitrogen and oxygen atoms in total. The highest BCUT2D eigenvalue weighted by atomic mass is 32.2. The third-order valence-corrected chi connectivity index (χ3v) is 6.36. The van der Waals surface area contributed by atoms with Crippen molar-refractivity contribution in [2.24, 2.45) is 5.92 Å². The first-order chi connectivity index (χ1) is 15.0. The van der Waals surface area contributed by atoms with Crippen LogP contribution in [-0.4, -0.2) is 39.1 Å². The average Bonchev–Trinajstić information content (AvgIpc) is 2.71. The van der Waals surface area contributed by atoms with Gasteiger partial charge in [0, 0.05) is 6.54 Å². The third-order valence-electron chi connectivity index (χ3n) is 5.18. The van der Waals surface area contributed by atoms with Crippen molar-refractivity contribution in [2.75, 3.05) is 22.4 Å². The summed E-state index contributed by atoms with van der Waals surface area (Å²) in [6, 6.07) is 11.0. The van der Waals surface area contributed by atoms with Crippen molar-refractivity contribution in [3.8, 4) is 0 Å². The molecule has 2 amide bonds.